The van der Waals surface area contributed by atoms with Crippen molar-refractivity contribution in [3.8, 4) is 11.3 Å². The van der Waals surface area contributed by atoms with Crippen molar-refractivity contribution in [3.63, 3.8) is 0 Å². The standard InChI is InChI=1S/C19H14ClN3O2/c20-15-8-6-14(7-9-15)16-10-17-19(25)22(18(24)12-23(17)21-16)11-13-4-2-1-3-5-13/h1-10H,11-12H2. The van der Waals surface area contributed by atoms with E-state index in [9.17, 15) is 9.59 Å². The molecule has 3 aromatic rings. The molecule has 1 aromatic heterocycles. The number of aromatic nitrogens is 2. The van der Waals surface area contributed by atoms with Crippen molar-refractivity contribution in [3.05, 3.63) is 76.9 Å². The Kier molecular flexibility index (Phi) is 3.86. The summed E-state index contributed by atoms with van der Waals surface area (Å²) in [5.74, 6) is -0.583. The van der Waals surface area contributed by atoms with Crippen molar-refractivity contribution in [2.45, 2.75) is 13.1 Å². The Morgan fingerprint density at radius 3 is 2.44 bits per heavy atom. The number of benzene rings is 2. The Morgan fingerprint density at radius 1 is 1.00 bits per heavy atom. The van der Waals surface area contributed by atoms with Gasteiger partial charge in [0, 0.05) is 10.6 Å². The van der Waals surface area contributed by atoms with E-state index in [4.69, 9.17) is 11.6 Å². The first-order valence-corrected chi connectivity index (χ1v) is 8.22. The van der Waals surface area contributed by atoms with Crippen molar-refractivity contribution in [1.29, 1.82) is 0 Å². The van der Waals surface area contributed by atoms with Crippen molar-refractivity contribution in [1.82, 2.24) is 14.7 Å². The van der Waals surface area contributed by atoms with Gasteiger partial charge in [0.25, 0.3) is 11.8 Å². The second-order valence-corrected chi connectivity index (χ2v) is 6.29. The van der Waals surface area contributed by atoms with Crippen LogP contribution >= 0.6 is 11.6 Å². The second-order valence-electron chi connectivity index (χ2n) is 5.85. The average Bonchev–Trinajstić information content (AvgIpc) is 3.04. The number of nitrogens with zero attached hydrogens (tertiary/aromatic N) is 3. The van der Waals surface area contributed by atoms with Crippen LogP contribution in [-0.2, 0) is 17.9 Å². The van der Waals surface area contributed by atoms with Gasteiger partial charge < -0.3 is 0 Å². The number of fused-ring (bicyclic) bond motifs is 1. The predicted octanol–water partition coefficient (Wildman–Crippen LogP) is 3.39. The predicted molar refractivity (Wildman–Crippen MR) is 94.0 cm³/mol. The normalized spacial score (nSPS) is 13.9. The van der Waals surface area contributed by atoms with Gasteiger partial charge in [0.1, 0.15) is 12.2 Å². The fraction of sp³-hybridized carbons (Fsp3) is 0.105. The van der Waals surface area contributed by atoms with Gasteiger partial charge in [-0.05, 0) is 23.8 Å². The van der Waals surface area contributed by atoms with Crippen LogP contribution in [-0.4, -0.2) is 26.5 Å². The molecule has 124 valence electrons. The molecule has 0 saturated heterocycles. The van der Waals surface area contributed by atoms with Gasteiger partial charge in [-0.2, -0.15) is 5.10 Å². The zero-order valence-corrected chi connectivity index (χ0v) is 14.0. The number of carbonyl (C=O) groups excluding carboxylic acids is 2. The van der Waals surface area contributed by atoms with Crippen molar-refractivity contribution < 1.29 is 9.59 Å². The monoisotopic (exact) mass is 351 g/mol. The quantitative estimate of drug-likeness (QED) is 0.680. The Balaban J connectivity index is 1.65. The SMILES string of the molecule is O=C1Cn2nc(-c3ccc(Cl)cc3)cc2C(=O)N1Cc1ccccc1. The largest absolute Gasteiger partial charge is 0.279 e. The first-order valence-electron chi connectivity index (χ1n) is 7.84. The molecular formula is C19H14ClN3O2. The zero-order valence-electron chi connectivity index (χ0n) is 13.2. The summed E-state index contributed by atoms with van der Waals surface area (Å²) < 4.78 is 1.47. The van der Waals surface area contributed by atoms with Crippen LogP contribution in [0.25, 0.3) is 11.3 Å². The number of rotatable bonds is 3. The molecule has 1 aliphatic rings. The Bertz CT molecular complexity index is 949. The van der Waals surface area contributed by atoms with Gasteiger partial charge in [0.2, 0.25) is 0 Å². The fourth-order valence-electron chi connectivity index (χ4n) is 2.86. The van der Waals surface area contributed by atoms with Gasteiger partial charge in [-0.1, -0.05) is 54.1 Å². The maximum absolute atomic E-state index is 12.8. The molecule has 6 heteroatoms. The fourth-order valence-corrected chi connectivity index (χ4v) is 2.99. The molecule has 0 unspecified atom stereocenters. The molecule has 2 aromatic carbocycles. The molecule has 0 saturated carbocycles. The summed E-state index contributed by atoms with van der Waals surface area (Å²) in [4.78, 5) is 26.4. The highest BCUT2D eigenvalue weighted by Crippen LogP contribution is 2.24. The molecule has 0 atom stereocenters. The minimum Gasteiger partial charge on any atom is -0.272 e. The van der Waals surface area contributed by atoms with Gasteiger partial charge >= 0.3 is 0 Å². The molecule has 2 amide bonds. The van der Waals surface area contributed by atoms with E-state index in [1.54, 1.807) is 18.2 Å². The zero-order chi connectivity index (χ0) is 17.4. The van der Waals surface area contributed by atoms with Crippen LogP contribution in [0.4, 0.5) is 0 Å². The minimum atomic E-state index is -0.326. The van der Waals surface area contributed by atoms with Crippen LogP contribution in [0.5, 0.6) is 0 Å². The molecule has 25 heavy (non-hydrogen) atoms. The number of halogens is 1. The summed E-state index contributed by atoms with van der Waals surface area (Å²) in [6.45, 7) is 0.321. The molecule has 1 aliphatic heterocycles. The summed E-state index contributed by atoms with van der Waals surface area (Å²) in [5, 5.41) is 5.03. The molecule has 4 rings (SSSR count). The lowest BCUT2D eigenvalue weighted by molar-refractivity contribution is -0.130. The van der Waals surface area contributed by atoms with E-state index in [0.29, 0.717) is 16.4 Å². The molecular weight excluding hydrogens is 338 g/mol. The maximum Gasteiger partial charge on any atom is 0.279 e. The Morgan fingerprint density at radius 2 is 1.72 bits per heavy atom. The lowest BCUT2D eigenvalue weighted by Crippen LogP contribution is -2.44. The maximum atomic E-state index is 12.8. The second kappa shape index (κ2) is 6.18. The summed E-state index contributed by atoms with van der Waals surface area (Å²) >= 11 is 5.91. The first kappa shape index (κ1) is 15.6. The van der Waals surface area contributed by atoms with Gasteiger partial charge in [-0.15, -0.1) is 0 Å². The topological polar surface area (TPSA) is 55.2 Å². The summed E-state index contributed by atoms with van der Waals surface area (Å²) in [5.41, 5.74) is 2.83. The lowest BCUT2D eigenvalue weighted by Gasteiger charge is -2.25. The van der Waals surface area contributed by atoms with Crippen LogP contribution in [0.1, 0.15) is 16.1 Å². The average molecular weight is 352 g/mol. The van der Waals surface area contributed by atoms with Crippen LogP contribution in [0, 0.1) is 0 Å². The third kappa shape index (κ3) is 2.94. The van der Waals surface area contributed by atoms with E-state index >= 15 is 0 Å². The minimum absolute atomic E-state index is 0.0570. The number of carbonyl (C=O) groups is 2. The van der Waals surface area contributed by atoms with Crippen LogP contribution in [0.2, 0.25) is 5.02 Å². The van der Waals surface area contributed by atoms with E-state index in [1.165, 1.54) is 9.58 Å². The van der Waals surface area contributed by atoms with E-state index in [2.05, 4.69) is 5.10 Å². The number of amides is 2. The summed E-state index contributed by atoms with van der Waals surface area (Å²) in [6.07, 6.45) is 0. The van der Waals surface area contributed by atoms with Crippen molar-refractivity contribution >= 4 is 23.4 Å². The van der Waals surface area contributed by atoms with Crippen LogP contribution < -0.4 is 0 Å². The molecule has 5 nitrogen and oxygen atoms in total. The number of imide groups is 1. The van der Waals surface area contributed by atoms with E-state index in [0.717, 1.165) is 11.1 Å². The van der Waals surface area contributed by atoms with Gasteiger partial charge in [-0.25, -0.2) is 4.68 Å². The number of hydrogen-bond donors (Lipinski definition) is 0. The smallest absolute Gasteiger partial charge is 0.272 e. The third-order valence-corrected chi connectivity index (χ3v) is 4.41. The van der Waals surface area contributed by atoms with Gasteiger partial charge in [0.05, 0.1) is 12.2 Å². The number of hydrogen-bond acceptors (Lipinski definition) is 3. The highest BCUT2D eigenvalue weighted by molar-refractivity contribution is 6.30. The molecule has 0 bridgehead atoms. The van der Waals surface area contributed by atoms with Crippen LogP contribution in [0.3, 0.4) is 0 Å². The Hall–Kier alpha value is -2.92. The van der Waals surface area contributed by atoms with Crippen molar-refractivity contribution in [2.24, 2.45) is 0 Å². The first-order chi connectivity index (χ1) is 12.1. The molecule has 0 aliphatic carbocycles. The summed E-state index contributed by atoms with van der Waals surface area (Å²) in [6, 6.07) is 18.4. The van der Waals surface area contributed by atoms with E-state index < -0.39 is 0 Å². The van der Waals surface area contributed by atoms with Crippen LogP contribution in [0.15, 0.2) is 60.7 Å². The van der Waals surface area contributed by atoms with Crippen molar-refractivity contribution in [2.75, 3.05) is 0 Å². The van der Waals surface area contributed by atoms with E-state index in [1.807, 2.05) is 42.5 Å². The molecule has 0 N–H and O–H groups in total. The lowest BCUT2D eigenvalue weighted by atomic mass is 10.1. The van der Waals surface area contributed by atoms with Gasteiger partial charge in [-0.3, -0.25) is 14.5 Å². The molecule has 0 fully saturated rings. The molecule has 0 radical (unpaired) electrons. The Labute approximate surface area is 149 Å². The summed E-state index contributed by atoms with van der Waals surface area (Å²) in [7, 11) is 0. The third-order valence-electron chi connectivity index (χ3n) is 4.15. The van der Waals surface area contributed by atoms with Gasteiger partial charge in [0.15, 0.2) is 0 Å². The highest BCUT2D eigenvalue weighted by atomic mass is 35.5. The molecule has 0 spiro atoms. The molecule has 2 heterocycles. The van der Waals surface area contributed by atoms with E-state index in [-0.39, 0.29) is 24.9 Å². The highest BCUT2D eigenvalue weighted by Gasteiger charge is 2.32.